The molecule has 2 aliphatic rings. The van der Waals surface area contributed by atoms with Crippen molar-refractivity contribution in [3.05, 3.63) is 97.3 Å². The van der Waals surface area contributed by atoms with Gasteiger partial charge in [-0.25, -0.2) is 15.0 Å². The van der Waals surface area contributed by atoms with Gasteiger partial charge in [-0.1, -0.05) is 36.4 Å². The quantitative estimate of drug-likeness (QED) is 0.274. The molecule has 222 valence electrons. The van der Waals surface area contributed by atoms with Crippen LogP contribution in [0.1, 0.15) is 52.5 Å². The molecule has 2 aromatic carbocycles. The van der Waals surface area contributed by atoms with Crippen LogP contribution in [-0.4, -0.2) is 67.1 Å². The molecule has 2 atom stereocenters. The van der Waals surface area contributed by atoms with E-state index in [1.165, 1.54) is 24.9 Å². The minimum absolute atomic E-state index is 0.0390. The first-order valence-corrected chi connectivity index (χ1v) is 14.5. The van der Waals surface area contributed by atoms with E-state index in [9.17, 15) is 14.4 Å². The number of H-pyrrole nitrogens is 1. The van der Waals surface area contributed by atoms with E-state index in [1.54, 1.807) is 16.0 Å². The summed E-state index contributed by atoms with van der Waals surface area (Å²) in [6.07, 6.45) is 9.74. The van der Waals surface area contributed by atoms with Gasteiger partial charge in [-0.05, 0) is 48.1 Å². The van der Waals surface area contributed by atoms with Gasteiger partial charge in [-0.15, -0.1) is 0 Å². The lowest BCUT2D eigenvalue weighted by Crippen LogP contribution is -2.31. The number of oxazole rings is 2. The van der Waals surface area contributed by atoms with Crippen LogP contribution in [0.5, 0.6) is 0 Å². The number of amides is 3. The lowest BCUT2D eigenvalue weighted by Gasteiger charge is -2.21. The van der Waals surface area contributed by atoms with E-state index in [2.05, 4.69) is 25.3 Å². The standard InChI is InChI=1S/C32H29N7O5/c40-28(23-11-15-38(19-23)31(41)29-33-12-16-43-29)36-24-9-7-21(8-10-24)20-3-5-22(6-4-20)25-18-35-27(37-25)26-2-1-14-39(26)32(42)30-34-13-17-44-30/h3-10,12-13,16-18,23,26H,1-2,11,14-15,19H2,(H,35,37)(H,36,40)/t23-,26+/m1/s1. The summed E-state index contributed by atoms with van der Waals surface area (Å²) in [5, 5.41) is 2.97. The zero-order chi connectivity index (χ0) is 30.0. The Kier molecular flexibility index (Phi) is 7.22. The van der Waals surface area contributed by atoms with Crippen LogP contribution >= 0.6 is 0 Å². The Labute approximate surface area is 252 Å². The van der Waals surface area contributed by atoms with Crippen LogP contribution in [0.2, 0.25) is 0 Å². The van der Waals surface area contributed by atoms with Crippen LogP contribution in [0.3, 0.4) is 0 Å². The number of aromatic nitrogens is 4. The van der Waals surface area contributed by atoms with Crippen molar-refractivity contribution >= 4 is 23.4 Å². The predicted molar refractivity (Wildman–Crippen MR) is 158 cm³/mol. The molecular formula is C32H29N7O5. The number of nitrogens with one attached hydrogen (secondary N) is 2. The SMILES string of the molecule is O=C(Nc1ccc(-c2ccc(-c3cnc([C@@H]4CCCN4C(=O)c4ncco4)[nH]3)cc2)cc1)[C@@H]1CCN(C(=O)c2ncco2)C1. The molecule has 12 nitrogen and oxygen atoms in total. The third-order valence-electron chi connectivity index (χ3n) is 8.18. The molecule has 2 saturated heterocycles. The summed E-state index contributed by atoms with van der Waals surface area (Å²) in [6.45, 7) is 1.44. The number of rotatable bonds is 7. The van der Waals surface area contributed by atoms with Gasteiger partial charge in [0.1, 0.15) is 18.4 Å². The average Bonchev–Trinajstić information content (AvgIpc) is 3.90. The van der Waals surface area contributed by atoms with Crippen LogP contribution in [-0.2, 0) is 4.79 Å². The number of hydrogen-bond acceptors (Lipinski definition) is 8. The number of aromatic amines is 1. The van der Waals surface area contributed by atoms with Crippen LogP contribution in [0.25, 0.3) is 22.4 Å². The molecule has 0 bridgehead atoms. The second-order valence-electron chi connectivity index (χ2n) is 10.9. The van der Waals surface area contributed by atoms with Gasteiger partial charge in [0.25, 0.3) is 11.8 Å². The Bertz CT molecular complexity index is 1760. The molecule has 0 unspecified atom stereocenters. The molecule has 0 spiro atoms. The number of benzene rings is 2. The second-order valence-corrected chi connectivity index (χ2v) is 10.9. The summed E-state index contributed by atoms with van der Waals surface area (Å²) in [7, 11) is 0. The number of nitrogens with zero attached hydrogens (tertiary/aromatic N) is 5. The highest BCUT2D eigenvalue weighted by molar-refractivity contribution is 5.95. The van der Waals surface area contributed by atoms with E-state index in [0.717, 1.165) is 41.1 Å². The zero-order valence-corrected chi connectivity index (χ0v) is 23.7. The minimum Gasteiger partial charge on any atom is -0.441 e. The Balaban J connectivity index is 0.964. The number of carbonyl (C=O) groups is 3. The lowest BCUT2D eigenvalue weighted by molar-refractivity contribution is -0.119. The lowest BCUT2D eigenvalue weighted by atomic mass is 10.0. The highest BCUT2D eigenvalue weighted by Crippen LogP contribution is 2.33. The largest absolute Gasteiger partial charge is 0.441 e. The summed E-state index contributed by atoms with van der Waals surface area (Å²) >= 11 is 0. The van der Waals surface area contributed by atoms with Crippen LogP contribution < -0.4 is 5.32 Å². The van der Waals surface area contributed by atoms with Gasteiger partial charge in [-0.2, -0.15) is 0 Å². The first-order valence-electron chi connectivity index (χ1n) is 14.5. The molecule has 2 N–H and O–H groups in total. The number of hydrogen-bond donors (Lipinski definition) is 2. The maximum atomic E-state index is 12.9. The summed E-state index contributed by atoms with van der Waals surface area (Å²) < 4.78 is 10.3. The van der Waals surface area contributed by atoms with E-state index in [1.807, 2.05) is 48.5 Å². The van der Waals surface area contributed by atoms with Gasteiger partial charge in [-0.3, -0.25) is 14.4 Å². The summed E-state index contributed by atoms with van der Waals surface area (Å²) in [4.78, 5) is 57.4. The normalized spacial score (nSPS) is 18.1. The van der Waals surface area contributed by atoms with Gasteiger partial charge in [0.15, 0.2) is 0 Å². The zero-order valence-electron chi connectivity index (χ0n) is 23.7. The molecule has 0 saturated carbocycles. The Morgan fingerprint density at radius 3 is 2.14 bits per heavy atom. The number of imidazole rings is 1. The molecule has 3 aromatic heterocycles. The Morgan fingerprint density at radius 2 is 1.45 bits per heavy atom. The fourth-order valence-corrected chi connectivity index (χ4v) is 5.85. The summed E-state index contributed by atoms with van der Waals surface area (Å²) in [6, 6.07) is 15.6. The van der Waals surface area contributed by atoms with Gasteiger partial charge >= 0.3 is 11.8 Å². The predicted octanol–water partition coefficient (Wildman–Crippen LogP) is 4.80. The van der Waals surface area contributed by atoms with Crippen molar-refractivity contribution in [1.29, 1.82) is 0 Å². The minimum atomic E-state index is -0.301. The highest BCUT2D eigenvalue weighted by Gasteiger charge is 2.35. The van der Waals surface area contributed by atoms with E-state index in [4.69, 9.17) is 8.83 Å². The fourth-order valence-electron chi connectivity index (χ4n) is 5.85. The molecule has 5 heterocycles. The van der Waals surface area contributed by atoms with Crippen molar-refractivity contribution < 1.29 is 23.2 Å². The van der Waals surface area contributed by atoms with Gasteiger partial charge < -0.3 is 28.9 Å². The smallest absolute Gasteiger partial charge is 0.310 e. The molecule has 44 heavy (non-hydrogen) atoms. The molecule has 7 rings (SSSR count). The van der Waals surface area contributed by atoms with Crippen LogP contribution in [0, 0.1) is 5.92 Å². The maximum Gasteiger partial charge on any atom is 0.310 e. The van der Waals surface area contributed by atoms with Crippen molar-refractivity contribution in [3.63, 3.8) is 0 Å². The molecule has 2 fully saturated rings. The monoisotopic (exact) mass is 591 g/mol. The second kappa shape index (κ2) is 11.6. The summed E-state index contributed by atoms with van der Waals surface area (Å²) in [5.74, 6) is -0.0774. The topological polar surface area (TPSA) is 150 Å². The first kappa shape index (κ1) is 27.3. The Morgan fingerprint density at radius 1 is 0.795 bits per heavy atom. The fraction of sp³-hybridized carbons (Fsp3) is 0.250. The van der Waals surface area contributed by atoms with E-state index in [0.29, 0.717) is 31.7 Å². The van der Waals surface area contributed by atoms with Crippen molar-refractivity contribution in [2.45, 2.75) is 25.3 Å². The molecule has 2 aliphatic heterocycles. The molecular weight excluding hydrogens is 562 g/mol. The van der Waals surface area contributed by atoms with E-state index >= 15 is 0 Å². The highest BCUT2D eigenvalue weighted by atomic mass is 16.4. The van der Waals surface area contributed by atoms with Gasteiger partial charge in [0, 0.05) is 25.3 Å². The Hall–Kier alpha value is -5.52. The third kappa shape index (κ3) is 5.37. The number of anilines is 1. The molecule has 12 heteroatoms. The summed E-state index contributed by atoms with van der Waals surface area (Å²) in [5.41, 5.74) is 4.58. The van der Waals surface area contributed by atoms with Crippen molar-refractivity contribution in [2.24, 2.45) is 5.92 Å². The molecule has 0 aliphatic carbocycles. The molecule has 5 aromatic rings. The van der Waals surface area contributed by atoms with E-state index < -0.39 is 0 Å². The average molecular weight is 592 g/mol. The first-order chi connectivity index (χ1) is 21.5. The molecule has 0 radical (unpaired) electrons. The maximum absolute atomic E-state index is 12.9. The van der Waals surface area contributed by atoms with Crippen molar-refractivity contribution in [3.8, 4) is 22.4 Å². The van der Waals surface area contributed by atoms with Gasteiger partial charge in [0.05, 0.1) is 36.2 Å². The number of carbonyl (C=O) groups excluding carboxylic acids is 3. The van der Waals surface area contributed by atoms with Crippen LogP contribution in [0.15, 0.2) is 88.5 Å². The third-order valence-corrected chi connectivity index (χ3v) is 8.18. The van der Waals surface area contributed by atoms with Crippen molar-refractivity contribution in [1.82, 2.24) is 29.7 Å². The van der Waals surface area contributed by atoms with Crippen LogP contribution in [0.4, 0.5) is 5.69 Å². The van der Waals surface area contributed by atoms with E-state index in [-0.39, 0.29) is 41.5 Å². The number of likely N-dealkylation sites (tertiary alicyclic amines) is 2. The molecule has 3 amide bonds. The van der Waals surface area contributed by atoms with Gasteiger partial charge in [0.2, 0.25) is 5.91 Å². The van der Waals surface area contributed by atoms with Crippen molar-refractivity contribution in [2.75, 3.05) is 25.0 Å².